The predicted molar refractivity (Wildman–Crippen MR) is 134 cm³/mol. The van der Waals surface area contributed by atoms with E-state index in [1.165, 1.54) is 0 Å². The SMILES string of the molecule is COc1cccc(CNc2nc(=NC3CCC(N)CC3)n(C(C)C)c3c(C(C)C)[nH]nc23)c1O. The highest BCUT2D eigenvalue weighted by molar-refractivity contribution is 5.87. The summed E-state index contributed by atoms with van der Waals surface area (Å²) in [7, 11) is 1.54. The lowest BCUT2D eigenvalue weighted by Gasteiger charge is -2.24. The number of aromatic amines is 1. The fourth-order valence-electron chi connectivity index (χ4n) is 4.62. The van der Waals surface area contributed by atoms with Crippen LogP contribution in [0.2, 0.25) is 0 Å². The third-order valence-electron chi connectivity index (χ3n) is 6.54. The first-order valence-electron chi connectivity index (χ1n) is 12.2. The lowest BCUT2D eigenvalue weighted by atomic mass is 9.92. The molecule has 184 valence electrons. The van der Waals surface area contributed by atoms with Crippen LogP contribution in [0.15, 0.2) is 23.2 Å². The normalized spacial score (nSPS) is 19.4. The summed E-state index contributed by atoms with van der Waals surface area (Å²) in [6, 6.07) is 6.09. The fourth-order valence-corrected chi connectivity index (χ4v) is 4.62. The molecule has 1 saturated carbocycles. The predicted octanol–water partition coefficient (Wildman–Crippen LogP) is 3.96. The van der Waals surface area contributed by atoms with Crippen LogP contribution in [0.25, 0.3) is 11.0 Å². The van der Waals surface area contributed by atoms with Gasteiger partial charge in [-0.15, -0.1) is 0 Å². The molecule has 9 heteroatoms. The number of aromatic nitrogens is 4. The minimum absolute atomic E-state index is 0.121. The number of rotatable bonds is 7. The maximum Gasteiger partial charge on any atom is 0.227 e. The zero-order chi connectivity index (χ0) is 24.4. The molecule has 3 aromatic rings. The van der Waals surface area contributed by atoms with Crippen molar-refractivity contribution in [1.82, 2.24) is 19.7 Å². The standard InChI is InChI=1S/C25H37N7O2/c1-14(2)20-22-21(31-30-20)24(27-13-16-7-6-8-19(34-5)23(16)33)29-25(32(22)15(3)4)28-18-11-9-17(26)10-12-18/h6-8,14-15,17-18,33H,9-13,26H2,1-5H3,(H,30,31)(H,27,28,29). The topological polar surface area (TPSA) is 126 Å². The smallest absolute Gasteiger partial charge is 0.227 e. The summed E-state index contributed by atoms with van der Waals surface area (Å²) in [4.78, 5) is 10.1. The molecule has 0 unspecified atom stereocenters. The third kappa shape index (κ3) is 4.75. The Morgan fingerprint density at radius 1 is 1.24 bits per heavy atom. The number of H-pyrrole nitrogens is 1. The van der Waals surface area contributed by atoms with Gasteiger partial charge in [0.25, 0.3) is 0 Å². The molecule has 4 rings (SSSR count). The van der Waals surface area contributed by atoms with E-state index >= 15 is 0 Å². The quantitative estimate of drug-likeness (QED) is 0.417. The van der Waals surface area contributed by atoms with Crippen molar-refractivity contribution in [3.05, 3.63) is 35.1 Å². The molecule has 2 aromatic heterocycles. The summed E-state index contributed by atoms with van der Waals surface area (Å²) in [6.45, 7) is 8.97. The van der Waals surface area contributed by atoms with Crippen LogP contribution in [0.4, 0.5) is 5.82 Å². The van der Waals surface area contributed by atoms with Gasteiger partial charge < -0.3 is 25.5 Å². The zero-order valence-electron chi connectivity index (χ0n) is 20.8. The summed E-state index contributed by atoms with van der Waals surface area (Å²) in [5, 5.41) is 21.8. The Kier molecular flexibility index (Phi) is 7.11. The number of phenolic OH excluding ortho intramolecular Hbond substituents is 1. The molecule has 9 nitrogen and oxygen atoms in total. The average molecular weight is 468 g/mol. The second-order valence-corrected chi connectivity index (χ2v) is 9.73. The Morgan fingerprint density at radius 2 is 1.97 bits per heavy atom. The number of hydrogen-bond donors (Lipinski definition) is 4. The summed E-state index contributed by atoms with van der Waals surface area (Å²) >= 11 is 0. The Bertz CT molecular complexity index is 1200. The molecule has 5 N–H and O–H groups in total. The molecule has 1 fully saturated rings. The number of hydrogen-bond acceptors (Lipinski definition) is 7. The summed E-state index contributed by atoms with van der Waals surface area (Å²) in [5.41, 5.74) is 10.4. The molecule has 1 aliphatic carbocycles. The van der Waals surface area contributed by atoms with Crippen LogP contribution in [0, 0.1) is 0 Å². The Labute approximate surface area is 200 Å². The molecule has 0 bridgehead atoms. The van der Waals surface area contributed by atoms with Crippen molar-refractivity contribution >= 4 is 16.9 Å². The molecule has 0 radical (unpaired) electrons. The molecule has 1 aromatic carbocycles. The van der Waals surface area contributed by atoms with E-state index < -0.39 is 0 Å². The van der Waals surface area contributed by atoms with E-state index in [1.54, 1.807) is 13.2 Å². The molecule has 0 atom stereocenters. The Morgan fingerprint density at radius 3 is 2.62 bits per heavy atom. The first-order chi connectivity index (χ1) is 16.3. The largest absolute Gasteiger partial charge is 0.504 e. The van der Waals surface area contributed by atoms with Gasteiger partial charge in [-0.25, -0.2) is 4.99 Å². The fraction of sp³-hybridized carbons (Fsp3) is 0.560. The lowest BCUT2D eigenvalue weighted by Crippen LogP contribution is -2.33. The number of methoxy groups -OCH3 is 1. The van der Waals surface area contributed by atoms with Gasteiger partial charge in [0.05, 0.1) is 24.4 Å². The highest BCUT2D eigenvalue weighted by Crippen LogP contribution is 2.31. The van der Waals surface area contributed by atoms with E-state index in [-0.39, 0.29) is 29.8 Å². The van der Waals surface area contributed by atoms with Gasteiger partial charge in [0, 0.05) is 24.2 Å². The minimum atomic E-state index is 0.121. The maximum atomic E-state index is 10.5. The van der Waals surface area contributed by atoms with Gasteiger partial charge in [-0.05, 0) is 51.5 Å². The molecular formula is C25H37N7O2. The van der Waals surface area contributed by atoms with Gasteiger partial charge in [0.1, 0.15) is 0 Å². The Hall–Kier alpha value is -3.07. The number of para-hydroxylation sites is 1. The number of nitrogens with two attached hydrogens (primary N) is 1. The van der Waals surface area contributed by atoms with E-state index in [2.05, 4.69) is 47.8 Å². The summed E-state index contributed by atoms with van der Waals surface area (Å²) in [5.74, 6) is 1.46. The Balaban J connectivity index is 1.82. The van der Waals surface area contributed by atoms with Crippen molar-refractivity contribution in [3.8, 4) is 11.5 Å². The van der Waals surface area contributed by atoms with E-state index in [4.69, 9.17) is 20.4 Å². The van der Waals surface area contributed by atoms with Gasteiger partial charge >= 0.3 is 0 Å². The minimum Gasteiger partial charge on any atom is -0.504 e. The molecule has 2 heterocycles. The second-order valence-electron chi connectivity index (χ2n) is 9.73. The van der Waals surface area contributed by atoms with Gasteiger partial charge in [-0.3, -0.25) is 5.10 Å². The monoisotopic (exact) mass is 467 g/mol. The number of benzene rings is 1. The van der Waals surface area contributed by atoms with Crippen LogP contribution in [0.3, 0.4) is 0 Å². The van der Waals surface area contributed by atoms with E-state index in [9.17, 15) is 5.11 Å². The number of nitrogens with one attached hydrogen (secondary N) is 2. The molecule has 0 spiro atoms. The number of aromatic hydroxyl groups is 1. The van der Waals surface area contributed by atoms with Crippen molar-refractivity contribution in [1.29, 1.82) is 0 Å². The second kappa shape index (κ2) is 10.0. The van der Waals surface area contributed by atoms with Gasteiger partial charge in [0.2, 0.25) is 5.62 Å². The molecular weight excluding hydrogens is 430 g/mol. The molecule has 0 aliphatic heterocycles. The maximum absolute atomic E-state index is 10.5. The van der Waals surface area contributed by atoms with Crippen LogP contribution < -0.4 is 21.4 Å². The number of fused-ring (bicyclic) bond motifs is 1. The van der Waals surface area contributed by atoms with Crippen LogP contribution in [-0.4, -0.2) is 44.0 Å². The molecule has 34 heavy (non-hydrogen) atoms. The van der Waals surface area contributed by atoms with Crippen molar-refractivity contribution in [2.24, 2.45) is 10.7 Å². The van der Waals surface area contributed by atoms with Crippen LogP contribution in [0.5, 0.6) is 11.5 Å². The van der Waals surface area contributed by atoms with Crippen molar-refractivity contribution in [2.75, 3.05) is 12.4 Å². The van der Waals surface area contributed by atoms with Gasteiger partial charge in [-0.2, -0.15) is 10.1 Å². The third-order valence-corrected chi connectivity index (χ3v) is 6.54. The number of phenols is 1. The number of anilines is 1. The van der Waals surface area contributed by atoms with Crippen molar-refractivity contribution < 1.29 is 9.84 Å². The molecule has 1 aliphatic rings. The van der Waals surface area contributed by atoms with Gasteiger partial charge in [0.15, 0.2) is 22.8 Å². The van der Waals surface area contributed by atoms with Crippen molar-refractivity contribution in [3.63, 3.8) is 0 Å². The van der Waals surface area contributed by atoms with Crippen LogP contribution in [-0.2, 0) is 6.54 Å². The summed E-state index contributed by atoms with van der Waals surface area (Å²) < 4.78 is 7.44. The zero-order valence-corrected chi connectivity index (χ0v) is 20.8. The van der Waals surface area contributed by atoms with E-state index in [0.29, 0.717) is 29.3 Å². The molecule has 0 saturated heterocycles. The number of ether oxygens (including phenoxy) is 1. The first-order valence-corrected chi connectivity index (χ1v) is 12.2. The van der Waals surface area contributed by atoms with E-state index in [1.807, 2.05) is 12.1 Å². The van der Waals surface area contributed by atoms with E-state index in [0.717, 1.165) is 42.4 Å². The highest BCUT2D eigenvalue weighted by Gasteiger charge is 2.22. The average Bonchev–Trinajstić information content (AvgIpc) is 3.25. The highest BCUT2D eigenvalue weighted by atomic mass is 16.5. The molecule has 0 amide bonds. The van der Waals surface area contributed by atoms with Gasteiger partial charge in [-0.1, -0.05) is 26.0 Å². The first kappa shape index (κ1) is 24.1. The van der Waals surface area contributed by atoms with Crippen LogP contribution in [0.1, 0.15) is 76.6 Å². The summed E-state index contributed by atoms with van der Waals surface area (Å²) in [6.07, 6.45) is 3.92. The van der Waals surface area contributed by atoms with Crippen LogP contribution >= 0.6 is 0 Å². The van der Waals surface area contributed by atoms with Crippen molar-refractivity contribution in [2.45, 2.75) is 84.0 Å². The lowest BCUT2D eigenvalue weighted by molar-refractivity contribution is 0.371. The number of nitrogens with zero attached hydrogens (tertiary/aromatic N) is 4.